The molecule has 1 aliphatic rings. The second-order valence-corrected chi connectivity index (χ2v) is 7.80. The van der Waals surface area contributed by atoms with Crippen LogP contribution in [-0.4, -0.2) is 21.7 Å². The second-order valence-electron chi connectivity index (χ2n) is 7.36. The number of fused-ring (bicyclic) bond motifs is 2. The maximum absolute atomic E-state index is 11.7. The van der Waals surface area contributed by atoms with Crippen LogP contribution >= 0.6 is 11.6 Å². The van der Waals surface area contributed by atoms with E-state index in [1.54, 1.807) is 0 Å². The molecular formula is C24H19ClN4O. The summed E-state index contributed by atoms with van der Waals surface area (Å²) < 4.78 is 0. The molecule has 5 rings (SSSR count). The lowest BCUT2D eigenvalue weighted by Gasteiger charge is -2.15. The largest absolute Gasteiger partial charge is 0.357 e. The fraction of sp³-hybridized carbons (Fsp3) is 0.0833. The highest BCUT2D eigenvalue weighted by Crippen LogP contribution is 2.31. The summed E-state index contributed by atoms with van der Waals surface area (Å²) in [6.45, 7) is 4.25. The summed E-state index contributed by atoms with van der Waals surface area (Å²) in [4.78, 5) is 22.4. The van der Waals surface area contributed by atoms with Gasteiger partial charge in [0.2, 0.25) is 0 Å². The van der Waals surface area contributed by atoms with Gasteiger partial charge in [-0.3, -0.25) is 4.99 Å². The minimum Gasteiger partial charge on any atom is -0.357 e. The summed E-state index contributed by atoms with van der Waals surface area (Å²) in [5.74, 6) is 0. The molecule has 0 saturated carbocycles. The highest BCUT2D eigenvalue weighted by molar-refractivity contribution is 6.31. The molecule has 0 aliphatic carbocycles. The number of benzodiazepines with no additional fused rings is 1. The van der Waals surface area contributed by atoms with E-state index in [0.717, 1.165) is 45.7 Å². The minimum absolute atomic E-state index is 0.158. The van der Waals surface area contributed by atoms with Gasteiger partial charge in [-0.05, 0) is 35.9 Å². The number of aromatic amines is 2. The number of H-pyrrole nitrogens is 2. The molecule has 1 aliphatic heterocycles. The van der Waals surface area contributed by atoms with Gasteiger partial charge in [-0.25, -0.2) is 4.79 Å². The Hall–Kier alpha value is -3.57. The summed E-state index contributed by atoms with van der Waals surface area (Å²) in [6.07, 6.45) is 0.723. The van der Waals surface area contributed by atoms with E-state index in [9.17, 15) is 4.79 Å². The predicted octanol–water partition coefficient (Wildman–Crippen LogP) is 4.90. The molecule has 148 valence electrons. The maximum atomic E-state index is 11.7. The molecule has 1 atom stereocenters. The Morgan fingerprint density at radius 1 is 0.967 bits per heavy atom. The molecule has 0 spiro atoms. The van der Waals surface area contributed by atoms with Crippen LogP contribution in [0.5, 0.6) is 0 Å². The van der Waals surface area contributed by atoms with Crippen molar-refractivity contribution in [2.24, 2.45) is 4.99 Å². The molecule has 5 nitrogen and oxygen atoms in total. The molecule has 0 saturated heterocycles. The van der Waals surface area contributed by atoms with Crippen molar-refractivity contribution in [3.63, 3.8) is 0 Å². The van der Waals surface area contributed by atoms with E-state index in [1.807, 2.05) is 54.6 Å². The molecule has 6 heteroatoms. The predicted molar refractivity (Wildman–Crippen MR) is 123 cm³/mol. The van der Waals surface area contributed by atoms with Crippen LogP contribution in [0.4, 0.5) is 5.69 Å². The Kier molecular flexibility index (Phi) is 4.52. The lowest BCUT2D eigenvalue weighted by atomic mass is 10.00. The zero-order valence-electron chi connectivity index (χ0n) is 16.1. The Morgan fingerprint density at radius 3 is 2.60 bits per heavy atom. The van der Waals surface area contributed by atoms with Crippen LogP contribution in [-0.2, 0) is 6.42 Å². The van der Waals surface area contributed by atoms with E-state index >= 15 is 0 Å². The fourth-order valence-electron chi connectivity index (χ4n) is 3.80. The third-order valence-corrected chi connectivity index (χ3v) is 5.52. The van der Waals surface area contributed by atoms with Crippen LogP contribution < -0.4 is 11.0 Å². The summed E-state index contributed by atoms with van der Waals surface area (Å²) in [5, 5.41) is 4.06. The van der Waals surface area contributed by atoms with Crippen molar-refractivity contribution in [2.45, 2.75) is 12.5 Å². The highest BCUT2D eigenvalue weighted by Gasteiger charge is 2.23. The van der Waals surface area contributed by atoms with Gasteiger partial charge in [0.1, 0.15) is 0 Å². The van der Waals surface area contributed by atoms with Crippen molar-refractivity contribution < 1.29 is 0 Å². The first kappa shape index (κ1) is 18.5. The van der Waals surface area contributed by atoms with Crippen LogP contribution in [0.3, 0.4) is 0 Å². The van der Waals surface area contributed by atoms with E-state index in [2.05, 4.69) is 34.0 Å². The number of aromatic nitrogens is 2. The minimum atomic E-state index is -0.231. The van der Waals surface area contributed by atoms with Gasteiger partial charge >= 0.3 is 5.69 Å². The van der Waals surface area contributed by atoms with Crippen molar-refractivity contribution in [1.29, 1.82) is 0 Å². The number of nitrogens with one attached hydrogen (secondary N) is 3. The number of benzene rings is 3. The van der Waals surface area contributed by atoms with Gasteiger partial charge < -0.3 is 15.3 Å². The molecule has 0 fully saturated rings. The first-order chi connectivity index (χ1) is 14.6. The van der Waals surface area contributed by atoms with Gasteiger partial charge in [-0.2, -0.15) is 0 Å². The Morgan fingerprint density at radius 2 is 1.77 bits per heavy atom. The van der Waals surface area contributed by atoms with Crippen molar-refractivity contribution in [3.8, 4) is 0 Å². The van der Waals surface area contributed by atoms with E-state index in [0.29, 0.717) is 5.02 Å². The molecule has 0 bridgehead atoms. The van der Waals surface area contributed by atoms with Crippen molar-refractivity contribution >= 4 is 34.0 Å². The van der Waals surface area contributed by atoms with Crippen LogP contribution in [0.25, 0.3) is 11.0 Å². The van der Waals surface area contributed by atoms with Crippen molar-refractivity contribution in [1.82, 2.24) is 9.97 Å². The number of aliphatic imine (C=N–C) groups is 1. The SMILES string of the molecule is C=C1Nc2ccc(Cl)cc2C(c2ccc3[nH]c(=O)[nH]c3c2)=NC1Cc1ccccc1. The van der Waals surface area contributed by atoms with E-state index in [4.69, 9.17) is 16.6 Å². The summed E-state index contributed by atoms with van der Waals surface area (Å²) in [5.41, 5.74) is 6.78. The van der Waals surface area contributed by atoms with Gasteiger partial charge in [0.15, 0.2) is 0 Å². The maximum Gasteiger partial charge on any atom is 0.323 e. The lowest BCUT2D eigenvalue weighted by molar-refractivity contribution is 0.776. The number of imidazole rings is 1. The smallest absolute Gasteiger partial charge is 0.323 e. The second kappa shape index (κ2) is 7.35. The van der Waals surface area contributed by atoms with Crippen LogP contribution in [0.1, 0.15) is 16.7 Å². The summed E-state index contributed by atoms with van der Waals surface area (Å²) >= 11 is 6.33. The molecule has 4 aromatic rings. The van der Waals surface area contributed by atoms with E-state index < -0.39 is 0 Å². The average molecular weight is 415 g/mol. The van der Waals surface area contributed by atoms with E-state index in [-0.39, 0.29) is 11.7 Å². The molecule has 30 heavy (non-hydrogen) atoms. The molecular weight excluding hydrogens is 396 g/mol. The number of hydrogen-bond donors (Lipinski definition) is 3. The first-order valence-corrected chi connectivity index (χ1v) is 10.0. The average Bonchev–Trinajstić information content (AvgIpc) is 3.06. The monoisotopic (exact) mass is 414 g/mol. The summed E-state index contributed by atoms with van der Waals surface area (Å²) in [7, 11) is 0. The van der Waals surface area contributed by atoms with Crippen LogP contribution in [0.2, 0.25) is 5.02 Å². The number of hydrogen-bond acceptors (Lipinski definition) is 3. The normalized spacial score (nSPS) is 16.0. The lowest BCUT2D eigenvalue weighted by Crippen LogP contribution is -2.17. The van der Waals surface area contributed by atoms with Gasteiger partial charge in [0, 0.05) is 34.0 Å². The third-order valence-electron chi connectivity index (χ3n) is 5.28. The molecule has 2 heterocycles. The van der Waals surface area contributed by atoms with Gasteiger partial charge in [0.25, 0.3) is 0 Å². The Bertz CT molecular complexity index is 1350. The Labute approximate surface area is 178 Å². The first-order valence-electron chi connectivity index (χ1n) is 9.67. The zero-order valence-corrected chi connectivity index (χ0v) is 16.8. The molecule has 0 amide bonds. The van der Waals surface area contributed by atoms with Crippen LogP contribution in [0, 0.1) is 0 Å². The quantitative estimate of drug-likeness (QED) is 0.446. The molecule has 1 aromatic heterocycles. The van der Waals surface area contributed by atoms with Gasteiger partial charge in [-0.1, -0.05) is 54.6 Å². The standard InChI is InChI=1S/C24H19ClN4O/c1-14-21(11-15-5-3-2-4-6-15)27-23(18-13-17(25)8-10-19(18)26-14)16-7-9-20-22(12-16)29-24(30)28-20/h2-10,12-13,21,26H,1,11H2,(H2,28,29,30). The number of anilines is 1. The molecule has 1 unspecified atom stereocenters. The van der Waals surface area contributed by atoms with Gasteiger partial charge in [-0.15, -0.1) is 0 Å². The molecule has 0 radical (unpaired) electrons. The van der Waals surface area contributed by atoms with Crippen LogP contribution in [0.15, 0.2) is 88.8 Å². The number of nitrogens with zero attached hydrogens (tertiary/aromatic N) is 1. The molecule has 3 aromatic carbocycles. The molecule has 3 N–H and O–H groups in total. The third kappa shape index (κ3) is 3.44. The van der Waals surface area contributed by atoms with Crippen molar-refractivity contribution in [3.05, 3.63) is 111 Å². The zero-order chi connectivity index (χ0) is 20.7. The highest BCUT2D eigenvalue weighted by atomic mass is 35.5. The topological polar surface area (TPSA) is 73.0 Å². The Balaban J connectivity index is 1.67. The van der Waals surface area contributed by atoms with Crippen molar-refractivity contribution in [2.75, 3.05) is 5.32 Å². The van der Waals surface area contributed by atoms with E-state index in [1.165, 1.54) is 5.56 Å². The summed E-state index contributed by atoms with van der Waals surface area (Å²) in [6, 6.07) is 21.6. The number of rotatable bonds is 3. The number of halogens is 1. The fourth-order valence-corrected chi connectivity index (χ4v) is 3.97. The van der Waals surface area contributed by atoms with Gasteiger partial charge in [0.05, 0.1) is 22.8 Å².